The van der Waals surface area contributed by atoms with Crippen LogP contribution in [0.1, 0.15) is 12.7 Å². The van der Waals surface area contributed by atoms with Crippen LogP contribution in [0.2, 0.25) is 0 Å². The van der Waals surface area contributed by atoms with Crippen LogP contribution < -0.4 is 5.32 Å². The maximum Gasteiger partial charge on any atom is 0.157 e. The Labute approximate surface area is 105 Å². The normalized spacial score (nSPS) is 10.3. The van der Waals surface area contributed by atoms with Gasteiger partial charge >= 0.3 is 0 Å². The molecule has 0 radical (unpaired) electrons. The molecule has 2 aromatic heterocycles. The van der Waals surface area contributed by atoms with E-state index in [1.807, 2.05) is 13.0 Å². The fourth-order valence-electron chi connectivity index (χ4n) is 1.53. The second kappa shape index (κ2) is 6.02. The van der Waals surface area contributed by atoms with Gasteiger partial charge in [-0.1, -0.05) is 0 Å². The molecule has 0 aromatic carbocycles. The number of nitrogens with one attached hydrogen (secondary N) is 1. The molecule has 0 spiro atoms. The topological polar surface area (TPSA) is 72.8 Å². The third kappa shape index (κ3) is 2.98. The minimum absolute atomic E-state index is 0.368. The van der Waals surface area contributed by atoms with Crippen LogP contribution in [0, 0.1) is 0 Å². The molecule has 0 aliphatic rings. The summed E-state index contributed by atoms with van der Waals surface area (Å²) in [5.74, 6) is 1.39. The predicted octanol–water partition coefficient (Wildman–Crippen LogP) is 1.51. The van der Waals surface area contributed by atoms with Crippen molar-refractivity contribution in [3.05, 3.63) is 30.5 Å². The summed E-state index contributed by atoms with van der Waals surface area (Å²) in [5.41, 5.74) is 1.46. The fourth-order valence-corrected chi connectivity index (χ4v) is 1.53. The Morgan fingerprint density at radius 3 is 2.78 bits per heavy atom. The van der Waals surface area contributed by atoms with Gasteiger partial charge in [-0.3, -0.25) is 9.97 Å². The van der Waals surface area contributed by atoms with Crippen LogP contribution in [0.5, 0.6) is 0 Å². The van der Waals surface area contributed by atoms with E-state index in [2.05, 4.69) is 25.3 Å². The van der Waals surface area contributed by atoms with Crippen LogP contribution >= 0.6 is 0 Å². The smallest absolute Gasteiger partial charge is 0.157 e. The molecule has 0 atom stereocenters. The predicted molar refractivity (Wildman–Crippen MR) is 67.9 cm³/mol. The van der Waals surface area contributed by atoms with Crippen molar-refractivity contribution in [3.8, 4) is 11.4 Å². The van der Waals surface area contributed by atoms with Crippen LogP contribution in [-0.2, 0) is 11.3 Å². The molecule has 0 saturated heterocycles. The van der Waals surface area contributed by atoms with Gasteiger partial charge in [0.15, 0.2) is 5.82 Å². The van der Waals surface area contributed by atoms with Crippen LogP contribution in [0.15, 0.2) is 24.7 Å². The molecule has 6 nitrogen and oxygen atoms in total. The van der Waals surface area contributed by atoms with Gasteiger partial charge in [0.2, 0.25) is 0 Å². The SMILES string of the molecule is CCNc1cc(-c2cnccn2)nc(COC)n1. The number of nitrogens with zero attached hydrogens (tertiary/aromatic N) is 4. The first-order valence-corrected chi connectivity index (χ1v) is 5.70. The summed E-state index contributed by atoms with van der Waals surface area (Å²) >= 11 is 0. The zero-order valence-electron chi connectivity index (χ0n) is 10.4. The highest BCUT2D eigenvalue weighted by atomic mass is 16.5. The largest absolute Gasteiger partial charge is 0.377 e. The van der Waals surface area contributed by atoms with Crippen molar-refractivity contribution in [2.45, 2.75) is 13.5 Å². The first-order chi connectivity index (χ1) is 8.83. The number of aromatic nitrogens is 4. The maximum atomic E-state index is 5.06. The summed E-state index contributed by atoms with van der Waals surface area (Å²) in [5, 5.41) is 3.16. The number of hydrogen-bond donors (Lipinski definition) is 1. The molecular weight excluding hydrogens is 230 g/mol. The van der Waals surface area contributed by atoms with Crippen molar-refractivity contribution in [2.75, 3.05) is 19.0 Å². The third-order valence-corrected chi connectivity index (χ3v) is 2.23. The van der Waals surface area contributed by atoms with E-state index in [0.717, 1.165) is 23.8 Å². The van der Waals surface area contributed by atoms with Crippen molar-refractivity contribution in [3.63, 3.8) is 0 Å². The monoisotopic (exact) mass is 245 g/mol. The number of anilines is 1. The third-order valence-electron chi connectivity index (χ3n) is 2.23. The molecule has 2 aromatic rings. The van der Waals surface area contributed by atoms with Crippen LogP contribution in [0.25, 0.3) is 11.4 Å². The van der Waals surface area contributed by atoms with E-state index in [9.17, 15) is 0 Å². The molecule has 2 heterocycles. The Bertz CT molecular complexity index is 479. The second-order valence-electron chi connectivity index (χ2n) is 3.61. The Balaban J connectivity index is 2.39. The zero-order chi connectivity index (χ0) is 12.8. The Morgan fingerprint density at radius 1 is 1.22 bits per heavy atom. The van der Waals surface area contributed by atoms with E-state index in [0.29, 0.717) is 12.4 Å². The molecule has 0 aliphatic carbocycles. The molecule has 0 fully saturated rings. The lowest BCUT2D eigenvalue weighted by molar-refractivity contribution is 0.178. The second-order valence-corrected chi connectivity index (χ2v) is 3.61. The molecule has 0 bridgehead atoms. The summed E-state index contributed by atoms with van der Waals surface area (Å²) in [6.45, 7) is 3.18. The van der Waals surface area contributed by atoms with Gasteiger partial charge in [0.25, 0.3) is 0 Å². The van der Waals surface area contributed by atoms with E-state index in [4.69, 9.17) is 4.74 Å². The van der Waals surface area contributed by atoms with Crippen molar-refractivity contribution >= 4 is 5.82 Å². The summed E-state index contributed by atoms with van der Waals surface area (Å²) in [7, 11) is 1.62. The Kier molecular flexibility index (Phi) is 4.14. The molecule has 2 rings (SSSR count). The first-order valence-electron chi connectivity index (χ1n) is 5.70. The molecule has 0 saturated carbocycles. The van der Waals surface area contributed by atoms with Crippen molar-refractivity contribution in [1.29, 1.82) is 0 Å². The lowest BCUT2D eigenvalue weighted by atomic mass is 10.3. The van der Waals surface area contributed by atoms with Gasteiger partial charge in [-0.05, 0) is 6.92 Å². The van der Waals surface area contributed by atoms with Crippen LogP contribution in [-0.4, -0.2) is 33.6 Å². The van der Waals surface area contributed by atoms with Gasteiger partial charge < -0.3 is 10.1 Å². The highest BCUT2D eigenvalue weighted by Gasteiger charge is 2.07. The average molecular weight is 245 g/mol. The highest BCUT2D eigenvalue weighted by molar-refractivity contribution is 5.57. The summed E-state index contributed by atoms with van der Waals surface area (Å²) in [6.07, 6.45) is 4.95. The number of ether oxygens (including phenoxy) is 1. The maximum absolute atomic E-state index is 5.06. The number of hydrogen-bond acceptors (Lipinski definition) is 6. The molecule has 18 heavy (non-hydrogen) atoms. The van der Waals surface area contributed by atoms with E-state index < -0.39 is 0 Å². The first kappa shape index (κ1) is 12.4. The molecule has 0 unspecified atom stereocenters. The lowest BCUT2D eigenvalue weighted by Crippen LogP contribution is -2.05. The van der Waals surface area contributed by atoms with Crippen molar-refractivity contribution in [1.82, 2.24) is 19.9 Å². The molecule has 94 valence electrons. The van der Waals surface area contributed by atoms with E-state index in [-0.39, 0.29) is 0 Å². The summed E-state index contributed by atoms with van der Waals surface area (Å²) < 4.78 is 5.06. The summed E-state index contributed by atoms with van der Waals surface area (Å²) in [4.78, 5) is 17.0. The lowest BCUT2D eigenvalue weighted by Gasteiger charge is -2.07. The molecular formula is C12H15N5O. The van der Waals surface area contributed by atoms with Gasteiger partial charge in [-0.25, -0.2) is 9.97 Å². The van der Waals surface area contributed by atoms with Gasteiger partial charge in [0.1, 0.15) is 18.1 Å². The number of rotatable bonds is 5. The van der Waals surface area contributed by atoms with Gasteiger partial charge in [-0.15, -0.1) is 0 Å². The Hall–Kier alpha value is -2.08. The zero-order valence-corrected chi connectivity index (χ0v) is 10.4. The minimum Gasteiger partial charge on any atom is -0.377 e. The van der Waals surface area contributed by atoms with Gasteiger partial charge in [0.05, 0.1) is 11.9 Å². The average Bonchev–Trinajstić information content (AvgIpc) is 2.40. The van der Waals surface area contributed by atoms with E-state index >= 15 is 0 Å². The Morgan fingerprint density at radius 2 is 2.11 bits per heavy atom. The standard InChI is InChI=1S/C12H15N5O/c1-3-14-11-6-9(10-7-13-4-5-15-10)16-12(17-11)8-18-2/h4-7H,3,8H2,1-2H3,(H,14,16,17). The van der Waals surface area contributed by atoms with Crippen molar-refractivity contribution < 1.29 is 4.74 Å². The van der Waals surface area contributed by atoms with Crippen LogP contribution in [0.4, 0.5) is 5.82 Å². The quantitative estimate of drug-likeness (QED) is 0.860. The number of methoxy groups -OCH3 is 1. The molecule has 0 aliphatic heterocycles. The van der Waals surface area contributed by atoms with Gasteiger partial charge in [0, 0.05) is 32.1 Å². The highest BCUT2D eigenvalue weighted by Crippen LogP contribution is 2.17. The summed E-state index contributed by atoms with van der Waals surface area (Å²) in [6, 6.07) is 1.85. The van der Waals surface area contributed by atoms with Gasteiger partial charge in [-0.2, -0.15) is 0 Å². The van der Waals surface area contributed by atoms with Crippen molar-refractivity contribution in [2.24, 2.45) is 0 Å². The van der Waals surface area contributed by atoms with Crippen LogP contribution in [0.3, 0.4) is 0 Å². The molecule has 1 N–H and O–H groups in total. The van der Waals surface area contributed by atoms with E-state index in [1.54, 1.807) is 25.7 Å². The fraction of sp³-hybridized carbons (Fsp3) is 0.333. The molecule has 0 amide bonds. The minimum atomic E-state index is 0.368. The molecule has 6 heteroatoms. The van der Waals surface area contributed by atoms with E-state index in [1.165, 1.54) is 0 Å².